The molecule has 14 rings (SSSR count). The van der Waals surface area contributed by atoms with Crippen LogP contribution >= 0.6 is 0 Å². The molecule has 0 saturated carbocycles. The molecule has 9 aromatic carbocycles. The smallest absolute Gasteiger partial charge is 0.182 e. The van der Waals surface area contributed by atoms with Gasteiger partial charge in [-0.3, -0.25) is 0 Å². The number of rotatable bonds is 1. The Balaban J connectivity index is 1.12. The lowest BCUT2D eigenvalue weighted by atomic mass is 9.62. The molecule has 5 aliphatic rings. The van der Waals surface area contributed by atoms with E-state index < -0.39 is 13.5 Å². The van der Waals surface area contributed by atoms with Crippen LogP contribution in [-0.2, 0) is 21.7 Å². The number of hydrogen-bond donors (Lipinski definition) is 0. The second kappa shape index (κ2) is 13.2. The molecule has 0 radical (unpaired) electrons. The molecule has 0 atom stereocenters. The first-order valence-electron chi connectivity index (χ1n) is 24.7. The molecule has 0 N–H and O–H groups in total. The van der Waals surface area contributed by atoms with Gasteiger partial charge in [0.05, 0.1) is 16.8 Å². The highest BCUT2D eigenvalue weighted by molar-refractivity contribution is 7.24. The van der Waals surface area contributed by atoms with Crippen LogP contribution in [0.2, 0.25) is 0 Å². The second-order valence-electron chi connectivity index (χ2n) is 22.8. The summed E-state index contributed by atoms with van der Waals surface area (Å²) >= 11 is 0. The van der Waals surface area contributed by atoms with Crippen LogP contribution in [0.5, 0.6) is 0 Å². The van der Waals surface area contributed by atoms with Crippen LogP contribution in [0.3, 0.4) is 0 Å². The van der Waals surface area contributed by atoms with Crippen molar-refractivity contribution in [1.82, 2.24) is 0 Å². The summed E-state index contributed by atoms with van der Waals surface area (Å²) in [6.45, 7) is 19.1. The lowest BCUT2D eigenvalue weighted by Gasteiger charge is -2.46. The lowest BCUT2D eigenvalue weighted by Crippen LogP contribution is -2.70. The Kier molecular flexibility index (Phi) is 7.76. The maximum absolute atomic E-state index is 2.72. The van der Waals surface area contributed by atoms with E-state index in [4.69, 9.17) is 0 Å². The molecule has 3 aliphatic heterocycles. The molecule has 2 spiro atoms. The first-order chi connectivity index (χ1) is 32.7. The van der Waals surface area contributed by atoms with E-state index in [1.54, 1.807) is 0 Å². The van der Waals surface area contributed by atoms with E-state index in [1.165, 1.54) is 127 Å². The third-order valence-corrected chi connectivity index (χ3v) is 22.0. The van der Waals surface area contributed by atoms with E-state index in [9.17, 15) is 0 Å². The molecule has 328 valence electrons. The second-order valence-corrected chi connectivity index (χ2v) is 26.5. The highest BCUT2D eigenvalue weighted by Gasteiger charge is 2.56. The molecule has 3 heterocycles. The predicted octanol–water partition coefficient (Wildman–Crippen LogP) is 14.1. The van der Waals surface area contributed by atoms with Gasteiger partial charge in [-0.1, -0.05) is 219 Å². The van der Waals surface area contributed by atoms with E-state index in [0.29, 0.717) is 0 Å². The van der Waals surface area contributed by atoms with Crippen LogP contribution in [0.4, 0.5) is 17.1 Å². The number of benzene rings is 9. The molecule has 68 heavy (non-hydrogen) atoms. The highest BCUT2D eigenvalue weighted by atomic mass is 28.3. The van der Waals surface area contributed by atoms with Crippen LogP contribution < -0.4 is 25.6 Å². The SMILES string of the molecule is CC(C)(C)c1ccc2c(c1)C1(c3cc(C(C)(C)C)ccc3-2)c2ccccc2N(c2ccc3c(c2)[Si]2(c4ccccc4-c4ccccc42)c2ccccc2-3)c2cc3c(cc21)C(C)(C)c1ccccc1-3. The summed E-state index contributed by atoms with van der Waals surface area (Å²) in [7, 11) is -2.72. The van der Waals surface area contributed by atoms with Gasteiger partial charge in [0.2, 0.25) is 0 Å². The Morgan fingerprint density at radius 1 is 0.338 bits per heavy atom. The van der Waals surface area contributed by atoms with Gasteiger partial charge < -0.3 is 4.90 Å². The van der Waals surface area contributed by atoms with Crippen molar-refractivity contribution < 1.29 is 0 Å². The van der Waals surface area contributed by atoms with Gasteiger partial charge in [-0.2, -0.15) is 0 Å². The van der Waals surface area contributed by atoms with Gasteiger partial charge in [0.15, 0.2) is 8.07 Å². The van der Waals surface area contributed by atoms with Gasteiger partial charge >= 0.3 is 0 Å². The van der Waals surface area contributed by atoms with Crippen LogP contribution in [-0.4, -0.2) is 8.07 Å². The molecule has 0 bridgehead atoms. The highest BCUT2D eigenvalue weighted by Crippen LogP contribution is 2.66. The minimum absolute atomic E-state index is 0.0362. The molecule has 9 aromatic rings. The summed E-state index contributed by atoms with van der Waals surface area (Å²) in [5, 5.41) is 6.00. The molecule has 0 aromatic heterocycles. The van der Waals surface area contributed by atoms with Gasteiger partial charge in [-0.15, -0.1) is 0 Å². The molecular formula is C66H55NSi. The van der Waals surface area contributed by atoms with Gasteiger partial charge in [0.25, 0.3) is 0 Å². The summed E-state index contributed by atoms with van der Waals surface area (Å²) in [6.07, 6.45) is 0. The maximum atomic E-state index is 2.67. The molecule has 1 nitrogen and oxygen atoms in total. The molecule has 0 fully saturated rings. The summed E-state index contributed by atoms with van der Waals surface area (Å²) in [5.41, 5.74) is 24.8. The third-order valence-electron chi connectivity index (χ3n) is 17.0. The van der Waals surface area contributed by atoms with Crippen molar-refractivity contribution in [3.63, 3.8) is 0 Å². The minimum atomic E-state index is -2.72. The zero-order valence-corrected chi connectivity index (χ0v) is 41.3. The average molecular weight is 890 g/mol. The fraction of sp³-hybridized carbons (Fsp3) is 0.182. The van der Waals surface area contributed by atoms with E-state index in [2.05, 4.69) is 248 Å². The molecule has 2 aliphatic carbocycles. The number of fused-ring (bicyclic) bond motifs is 22. The van der Waals surface area contributed by atoms with Crippen LogP contribution in [0, 0.1) is 0 Å². The largest absolute Gasteiger partial charge is 0.310 e. The lowest BCUT2D eigenvalue weighted by molar-refractivity contribution is 0.585. The first-order valence-corrected chi connectivity index (χ1v) is 26.7. The van der Waals surface area contributed by atoms with Crippen molar-refractivity contribution in [2.24, 2.45) is 0 Å². The zero-order valence-electron chi connectivity index (χ0n) is 40.3. The number of nitrogens with zero attached hydrogens (tertiary/aromatic N) is 1. The van der Waals surface area contributed by atoms with Crippen molar-refractivity contribution in [2.75, 3.05) is 4.90 Å². The van der Waals surface area contributed by atoms with E-state index in [0.717, 1.165) is 0 Å². The molecule has 0 saturated heterocycles. The topological polar surface area (TPSA) is 3.24 Å². The Bertz CT molecular complexity index is 3570. The van der Waals surface area contributed by atoms with Gasteiger partial charge in [0, 0.05) is 11.1 Å². The van der Waals surface area contributed by atoms with Gasteiger partial charge in [0.1, 0.15) is 0 Å². The van der Waals surface area contributed by atoms with Crippen molar-refractivity contribution >= 4 is 45.9 Å². The Labute approximate surface area is 402 Å². The summed E-state index contributed by atoms with van der Waals surface area (Å²) in [6, 6.07) is 74.3. The fourth-order valence-corrected chi connectivity index (χ4v) is 19.5. The fourth-order valence-electron chi connectivity index (χ4n) is 13.8. The number of anilines is 3. The average Bonchev–Trinajstić information content (AvgIpc) is 3.99. The van der Waals surface area contributed by atoms with Crippen molar-refractivity contribution in [2.45, 2.75) is 77.0 Å². The van der Waals surface area contributed by atoms with Gasteiger partial charge in [-0.05, 0) is 145 Å². The zero-order chi connectivity index (χ0) is 46.3. The Hall–Kier alpha value is -7.00. The van der Waals surface area contributed by atoms with E-state index in [-0.39, 0.29) is 16.2 Å². The summed E-state index contributed by atoms with van der Waals surface area (Å²) < 4.78 is 0. The molecule has 0 amide bonds. The van der Waals surface area contributed by atoms with E-state index >= 15 is 0 Å². The molecule has 0 unspecified atom stereocenters. The van der Waals surface area contributed by atoms with Crippen LogP contribution in [0.15, 0.2) is 188 Å². The van der Waals surface area contributed by atoms with Crippen LogP contribution in [0.1, 0.15) is 99.9 Å². The Morgan fingerprint density at radius 2 is 0.794 bits per heavy atom. The predicted molar refractivity (Wildman–Crippen MR) is 289 cm³/mol. The summed E-state index contributed by atoms with van der Waals surface area (Å²) in [5.74, 6) is 0. The van der Waals surface area contributed by atoms with Gasteiger partial charge in [-0.25, -0.2) is 0 Å². The van der Waals surface area contributed by atoms with Crippen molar-refractivity contribution in [3.8, 4) is 44.5 Å². The van der Waals surface area contributed by atoms with Crippen molar-refractivity contribution in [3.05, 3.63) is 233 Å². The third kappa shape index (κ3) is 4.82. The summed E-state index contributed by atoms with van der Waals surface area (Å²) in [4.78, 5) is 2.67. The number of para-hydroxylation sites is 1. The normalized spacial score (nSPS) is 16.3. The first kappa shape index (κ1) is 40.1. The standard InChI is InChI=1S/C66H55NSi/c1-63(2,3)40-29-32-44-45-33-30-41(64(4,5)6)36-55(45)66(54(44)35-40)52-24-14-15-25-57(52)67(58-38-50-43-19-9-13-23-51(43)65(7,8)53(50)39-56(58)66)42-31-34-49-48-22-12-18-28-61(48)68(62(49)37-42)59-26-16-10-20-46(59)47-21-11-17-27-60(47)68/h9-39H,1-8H3. The maximum Gasteiger partial charge on any atom is 0.182 e. The Morgan fingerprint density at radius 3 is 1.35 bits per heavy atom. The minimum Gasteiger partial charge on any atom is -0.310 e. The van der Waals surface area contributed by atoms with Crippen molar-refractivity contribution in [1.29, 1.82) is 0 Å². The van der Waals surface area contributed by atoms with E-state index in [1.807, 2.05) is 0 Å². The molecule has 2 heteroatoms. The molecular weight excluding hydrogens is 835 g/mol. The van der Waals surface area contributed by atoms with Crippen LogP contribution in [0.25, 0.3) is 44.5 Å². The quantitative estimate of drug-likeness (QED) is 0.148. The number of hydrogen-bond acceptors (Lipinski definition) is 1. The monoisotopic (exact) mass is 889 g/mol.